The number of carbonyl (C=O) groups is 1. The Kier molecular flexibility index (Phi) is 3.67. The number of benzene rings is 1. The largest absolute Gasteiger partial charge is 0.325 e. The fourth-order valence-corrected chi connectivity index (χ4v) is 2.90. The summed E-state index contributed by atoms with van der Waals surface area (Å²) in [6.07, 6.45) is 5.85. The second-order valence-corrected chi connectivity index (χ2v) is 5.42. The van der Waals surface area contributed by atoms with Crippen LogP contribution in [-0.4, -0.2) is 5.91 Å². The standard InChI is InChI=1S/C14H16BrNO/c1-9-7-10(2)13(12(15)8-9)16-14(17)11-5-3-4-6-11/h3-4,7-8,11H,5-6H2,1-2H3,(H,16,17). The van der Waals surface area contributed by atoms with Gasteiger partial charge < -0.3 is 5.32 Å². The minimum absolute atomic E-state index is 0.0996. The summed E-state index contributed by atoms with van der Waals surface area (Å²) in [6, 6.07) is 4.10. The van der Waals surface area contributed by atoms with E-state index >= 15 is 0 Å². The lowest BCUT2D eigenvalue weighted by Crippen LogP contribution is -2.21. The Morgan fingerprint density at radius 2 is 1.94 bits per heavy atom. The van der Waals surface area contributed by atoms with Crippen LogP contribution in [0.15, 0.2) is 28.8 Å². The van der Waals surface area contributed by atoms with Gasteiger partial charge in [-0.2, -0.15) is 0 Å². The molecule has 0 aromatic heterocycles. The monoisotopic (exact) mass is 293 g/mol. The van der Waals surface area contributed by atoms with Crippen molar-refractivity contribution in [2.75, 3.05) is 5.32 Å². The van der Waals surface area contributed by atoms with Crippen molar-refractivity contribution in [2.45, 2.75) is 26.7 Å². The van der Waals surface area contributed by atoms with Crippen LogP contribution in [0.1, 0.15) is 24.0 Å². The molecular formula is C14H16BrNO. The molecule has 0 spiro atoms. The third-order valence-electron chi connectivity index (χ3n) is 3.06. The smallest absolute Gasteiger partial charge is 0.228 e. The van der Waals surface area contributed by atoms with Crippen LogP contribution in [0.25, 0.3) is 0 Å². The molecule has 0 aliphatic heterocycles. The molecule has 0 fully saturated rings. The van der Waals surface area contributed by atoms with Gasteiger partial charge in [-0.15, -0.1) is 0 Å². The Bertz CT molecular complexity index is 448. The average Bonchev–Trinajstić information content (AvgIpc) is 2.76. The third-order valence-corrected chi connectivity index (χ3v) is 3.68. The quantitative estimate of drug-likeness (QED) is 0.822. The summed E-state index contributed by atoms with van der Waals surface area (Å²) >= 11 is 3.50. The zero-order valence-electron chi connectivity index (χ0n) is 10.1. The molecule has 0 bridgehead atoms. The number of carbonyl (C=O) groups excluding carboxylic acids is 1. The summed E-state index contributed by atoms with van der Waals surface area (Å²) in [5.74, 6) is 0.213. The first-order valence-electron chi connectivity index (χ1n) is 5.80. The van der Waals surface area contributed by atoms with Crippen LogP contribution < -0.4 is 5.32 Å². The molecule has 0 unspecified atom stereocenters. The third kappa shape index (κ3) is 2.78. The van der Waals surface area contributed by atoms with Crippen LogP contribution in [0, 0.1) is 19.8 Å². The van der Waals surface area contributed by atoms with Gasteiger partial charge in [0.15, 0.2) is 0 Å². The summed E-state index contributed by atoms with van der Waals surface area (Å²) in [5, 5.41) is 3.02. The molecule has 0 heterocycles. The Hall–Kier alpha value is -1.09. The first-order valence-corrected chi connectivity index (χ1v) is 6.60. The predicted molar refractivity (Wildman–Crippen MR) is 74.1 cm³/mol. The molecule has 1 aliphatic carbocycles. The van der Waals surface area contributed by atoms with Gasteiger partial charge in [-0.1, -0.05) is 18.2 Å². The highest BCUT2D eigenvalue weighted by atomic mass is 79.9. The molecule has 3 heteroatoms. The van der Waals surface area contributed by atoms with E-state index in [-0.39, 0.29) is 11.8 Å². The van der Waals surface area contributed by atoms with Crippen molar-refractivity contribution < 1.29 is 4.79 Å². The minimum Gasteiger partial charge on any atom is -0.325 e. The van der Waals surface area contributed by atoms with Crippen molar-refractivity contribution in [1.82, 2.24) is 0 Å². The molecule has 1 aliphatic rings. The molecule has 0 saturated carbocycles. The van der Waals surface area contributed by atoms with Gasteiger partial charge in [0.1, 0.15) is 0 Å². The number of hydrogen-bond donors (Lipinski definition) is 1. The lowest BCUT2D eigenvalue weighted by atomic mass is 10.1. The van der Waals surface area contributed by atoms with Gasteiger partial charge in [-0.3, -0.25) is 4.79 Å². The molecule has 2 nitrogen and oxygen atoms in total. The number of anilines is 1. The number of aryl methyl sites for hydroxylation is 2. The molecule has 0 saturated heterocycles. The summed E-state index contributed by atoms with van der Waals surface area (Å²) in [5.41, 5.74) is 3.18. The SMILES string of the molecule is Cc1cc(C)c(NC(=O)C2CC=CC2)c(Br)c1. The molecule has 1 N–H and O–H groups in total. The van der Waals surface area contributed by atoms with Gasteiger partial charge in [-0.05, 0) is 59.8 Å². The van der Waals surface area contributed by atoms with E-state index in [0.717, 1.165) is 28.6 Å². The fourth-order valence-electron chi connectivity index (χ4n) is 2.13. The molecule has 1 amide bonds. The van der Waals surface area contributed by atoms with Crippen LogP contribution in [0.2, 0.25) is 0 Å². The van der Waals surface area contributed by atoms with Gasteiger partial charge in [0, 0.05) is 10.4 Å². The first-order chi connectivity index (χ1) is 8.08. The van der Waals surface area contributed by atoms with E-state index in [1.807, 2.05) is 19.9 Å². The van der Waals surface area contributed by atoms with Crippen molar-refractivity contribution in [3.8, 4) is 0 Å². The Labute approximate surface area is 110 Å². The van der Waals surface area contributed by atoms with E-state index in [9.17, 15) is 4.79 Å². The van der Waals surface area contributed by atoms with E-state index in [0.29, 0.717) is 0 Å². The number of rotatable bonds is 2. The van der Waals surface area contributed by atoms with Gasteiger partial charge in [0.2, 0.25) is 5.91 Å². The summed E-state index contributed by atoms with van der Waals surface area (Å²) < 4.78 is 0.953. The summed E-state index contributed by atoms with van der Waals surface area (Å²) in [7, 11) is 0. The molecule has 2 rings (SSSR count). The summed E-state index contributed by atoms with van der Waals surface area (Å²) in [6.45, 7) is 4.06. The number of nitrogens with one attached hydrogen (secondary N) is 1. The van der Waals surface area contributed by atoms with Gasteiger partial charge >= 0.3 is 0 Å². The van der Waals surface area contributed by atoms with E-state index < -0.39 is 0 Å². The molecule has 90 valence electrons. The van der Waals surface area contributed by atoms with E-state index in [1.54, 1.807) is 0 Å². The molecule has 0 atom stereocenters. The van der Waals surface area contributed by atoms with Gasteiger partial charge in [0.25, 0.3) is 0 Å². The maximum absolute atomic E-state index is 12.0. The zero-order chi connectivity index (χ0) is 12.4. The Balaban J connectivity index is 2.15. The summed E-state index contributed by atoms with van der Waals surface area (Å²) in [4.78, 5) is 12.0. The predicted octanol–water partition coefficient (Wildman–Crippen LogP) is 3.97. The fraction of sp³-hybridized carbons (Fsp3) is 0.357. The van der Waals surface area contributed by atoms with Crippen molar-refractivity contribution in [2.24, 2.45) is 5.92 Å². The van der Waals surface area contributed by atoms with E-state index in [2.05, 4.69) is 39.5 Å². The van der Waals surface area contributed by atoms with Crippen LogP contribution in [0.4, 0.5) is 5.69 Å². The molecule has 1 aromatic rings. The molecule has 0 radical (unpaired) electrons. The highest BCUT2D eigenvalue weighted by molar-refractivity contribution is 9.10. The first kappa shape index (κ1) is 12.4. The lowest BCUT2D eigenvalue weighted by Gasteiger charge is -2.14. The van der Waals surface area contributed by atoms with Crippen molar-refractivity contribution in [3.63, 3.8) is 0 Å². The zero-order valence-corrected chi connectivity index (χ0v) is 11.7. The van der Waals surface area contributed by atoms with Gasteiger partial charge in [0.05, 0.1) is 5.69 Å². The van der Waals surface area contributed by atoms with Crippen molar-refractivity contribution >= 4 is 27.5 Å². The second kappa shape index (κ2) is 5.05. The maximum Gasteiger partial charge on any atom is 0.228 e. The van der Waals surface area contributed by atoms with E-state index in [4.69, 9.17) is 0 Å². The normalized spacial score (nSPS) is 15.2. The highest BCUT2D eigenvalue weighted by Gasteiger charge is 2.20. The van der Waals surface area contributed by atoms with Crippen molar-refractivity contribution in [1.29, 1.82) is 0 Å². The topological polar surface area (TPSA) is 29.1 Å². The Morgan fingerprint density at radius 1 is 1.29 bits per heavy atom. The average molecular weight is 294 g/mol. The van der Waals surface area contributed by atoms with Crippen molar-refractivity contribution in [3.05, 3.63) is 39.9 Å². The van der Waals surface area contributed by atoms with Gasteiger partial charge in [-0.25, -0.2) is 0 Å². The van der Waals surface area contributed by atoms with Crippen LogP contribution >= 0.6 is 15.9 Å². The van der Waals surface area contributed by atoms with Crippen LogP contribution in [0.3, 0.4) is 0 Å². The van der Waals surface area contributed by atoms with E-state index in [1.165, 1.54) is 5.56 Å². The number of halogens is 1. The number of allylic oxidation sites excluding steroid dienone is 2. The minimum atomic E-state index is 0.0996. The molecule has 1 aromatic carbocycles. The Morgan fingerprint density at radius 3 is 2.53 bits per heavy atom. The van der Waals surface area contributed by atoms with Crippen LogP contribution in [-0.2, 0) is 4.79 Å². The number of amides is 1. The second-order valence-electron chi connectivity index (χ2n) is 4.57. The molecule has 17 heavy (non-hydrogen) atoms. The van der Waals surface area contributed by atoms with Crippen LogP contribution in [0.5, 0.6) is 0 Å². The number of hydrogen-bond acceptors (Lipinski definition) is 1. The highest BCUT2D eigenvalue weighted by Crippen LogP contribution is 2.29. The maximum atomic E-state index is 12.0. The molecular weight excluding hydrogens is 278 g/mol. The lowest BCUT2D eigenvalue weighted by molar-refractivity contribution is -0.119.